The maximum atomic E-state index is 14.5. The van der Waals surface area contributed by atoms with Crippen LogP contribution < -0.4 is 10.0 Å². The Morgan fingerprint density at radius 1 is 1.08 bits per heavy atom. The van der Waals surface area contributed by atoms with Crippen LogP contribution in [-0.2, 0) is 10.0 Å². The first-order valence-corrected chi connectivity index (χ1v) is 8.41. The molecule has 1 aliphatic rings. The summed E-state index contributed by atoms with van der Waals surface area (Å²) in [5.41, 5.74) is -0.161. The van der Waals surface area contributed by atoms with E-state index < -0.39 is 27.7 Å². The molecule has 0 aromatic heterocycles. The third-order valence-corrected chi connectivity index (χ3v) is 4.97. The normalized spacial score (nSPS) is 16.1. The van der Waals surface area contributed by atoms with Gasteiger partial charge in [0.15, 0.2) is 0 Å². The maximum absolute atomic E-state index is 14.5. The van der Waals surface area contributed by atoms with E-state index in [1.54, 1.807) is 17.7 Å². The second kappa shape index (κ2) is 5.72. The molecule has 2 aromatic rings. The first-order valence-electron chi connectivity index (χ1n) is 6.93. The van der Waals surface area contributed by atoms with Gasteiger partial charge in [-0.2, -0.15) is 0 Å². The molecule has 0 saturated carbocycles. The summed E-state index contributed by atoms with van der Waals surface area (Å²) in [6.07, 6.45) is 1.46. The minimum absolute atomic E-state index is 0.0949. The standard InChI is InChI=1S/C16H12F2N2O3S/c1-2-9(10-5-3-4-6-11(10)17)14-12(18)7-8-13-15(14)19-16(21)20-24(13,22)23/h2-8H,1H3,(H2,19,20,21). The third-order valence-electron chi connectivity index (χ3n) is 3.59. The lowest BCUT2D eigenvalue weighted by molar-refractivity contribution is 0.256. The molecule has 0 saturated heterocycles. The van der Waals surface area contributed by atoms with Crippen molar-refractivity contribution in [2.75, 3.05) is 5.32 Å². The molecule has 3 rings (SSSR count). The van der Waals surface area contributed by atoms with E-state index in [4.69, 9.17) is 0 Å². The Bertz CT molecular complexity index is 985. The topological polar surface area (TPSA) is 75.3 Å². The van der Waals surface area contributed by atoms with Crippen molar-refractivity contribution in [1.29, 1.82) is 0 Å². The van der Waals surface area contributed by atoms with Crippen molar-refractivity contribution >= 4 is 27.3 Å². The van der Waals surface area contributed by atoms with E-state index in [-0.39, 0.29) is 27.3 Å². The fourth-order valence-electron chi connectivity index (χ4n) is 2.60. The summed E-state index contributed by atoms with van der Waals surface area (Å²) in [5, 5.41) is 2.30. The second-order valence-corrected chi connectivity index (χ2v) is 6.69. The van der Waals surface area contributed by atoms with Gasteiger partial charge in [-0.3, -0.25) is 0 Å². The summed E-state index contributed by atoms with van der Waals surface area (Å²) in [7, 11) is -4.11. The van der Waals surface area contributed by atoms with Gasteiger partial charge in [-0.1, -0.05) is 24.3 Å². The van der Waals surface area contributed by atoms with Crippen molar-refractivity contribution in [2.24, 2.45) is 0 Å². The molecule has 5 nitrogen and oxygen atoms in total. The number of nitrogens with one attached hydrogen (secondary N) is 2. The van der Waals surface area contributed by atoms with Crippen molar-refractivity contribution in [2.45, 2.75) is 11.8 Å². The minimum Gasteiger partial charge on any atom is -0.305 e. The van der Waals surface area contributed by atoms with Gasteiger partial charge in [-0.25, -0.2) is 26.7 Å². The minimum atomic E-state index is -4.11. The molecule has 2 amide bonds. The highest BCUT2D eigenvalue weighted by molar-refractivity contribution is 7.90. The van der Waals surface area contributed by atoms with Crippen molar-refractivity contribution in [3.8, 4) is 0 Å². The molecular formula is C16H12F2N2O3S. The molecule has 0 radical (unpaired) electrons. The molecule has 8 heteroatoms. The molecule has 124 valence electrons. The number of halogens is 2. The number of sulfonamides is 1. The van der Waals surface area contributed by atoms with Gasteiger partial charge in [0, 0.05) is 11.1 Å². The van der Waals surface area contributed by atoms with E-state index in [2.05, 4.69) is 5.32 Å². The SMILES string of the molecule is CC=C(c1ccccc1F)c1c(F)ccc2c1NC(=O)NS2(=O)=O. The fraction of sp³-hybridized carbons (Fsp3) is 0.0625. The number of hydrogen-bond acceptors (Lipinski definition) is 3. The van der Waals surface area contributed by atoms with E-state index in [0.29, 0.717) is 0 Å². The van der Waals surface area contributed by atoms with Crippen molar-refractivity contribution in [1.82, 2.24) is 4.72 Å². The van der Waals surface area contributed by atoms with Crippen LogP contribution in [0.4, 0.5) is 19.3 Å². The molecule has 1 heterocycles. The second-order valence-electron chi connectivity index (χ2n) is 5.04. The Morgan fingerprint density at radius 2 is 1.79 bits per heavy atom. The predicted molar refractivity (Wildman–Crippen MR) is 84.9 cm³/mol. The lowest BCUT2D eigenvalue weighted by Gasteiger charge is -2.23. The number of amides is 2. The predicted octanol–water partition coefficient (Wildman–Crippen LogP) is 3.24. The molecule has 0 atom stereocenters. The van der Waals surface area contributed by atoms with Crippen LogP contribution in [0, 0.1) is 11.6 Å². The van der Waals surface area contributed by atoms with E-state index in [1.807, 2.05) is 0 Å². The van der Waals surface area contributed by atoms with Gasteiger partial charge in [-0.15, -0.1) is 0 Å². The average Bonchev–Trinajstić information content (AvgIpc) is 2.50. The lowest BCUT2D eigenvalue weighted by atomic mass is 9.95. The third kappa shape index (κ3) is 2.54. The largest absolute Gasteiger partial charge is 0.333 e. The molecule has 1 aliphatic heterocycles. The van der Waals surface area contributed by atoms with Crippen molar-refractivity contribution in [3.63, 3.8) is 0 Å². The monoisotopic (exact) mass is 350 g/mol. The van der Waals surface area contributed by atoms with Gasteiger partial charge >= 0.3 is 6.03 Å². The summed E-state index contributed by atoms with van der Waals surface area (Å²) in [5.74, 6) is -1.37. The number of allylic oxidation sites excluding steroid dienone is 1. The fourth-order valence-corrected chi connectivity index (χ4v) is 3.67. The van der Waals surface area contributed by atoms with Crippen LogP contribution in [0.5, 0.6) is 0 Å². The molecule has 2 aromatic carbocycles. The highest BCUT2D eigenvalue weighted by atomic mass is 32.2. The van der Waals surface area contributed by atoms with Crippen LogP contribution in [0.25, 0.3) is 5.57 Å². The van der Waals surface area contributed by atoms with Gasteiger partial charge in [0.25, 0.3) is 10.0 Å². The zero-order valence-electron chi connectivity index (χ0n) is 12.4. The number of anilines is 1. The van der Waals surface area contributed by atoms with Gasteiger partial charge in [0.2, 0.25) is 0 Å². The molecule has 0 aliphatic carbocycles. The van der Waals surface area contributed by atoms with Crippen LogP contribution in [0.2, 0.25) is 0 Å². The average molecular weight is 350 g/mol. The van der Waals surface area contributed by atoms with Gasteiger partial charge < -0.3 is 5.32 Å². The number of carbonyl (C=O) groups is 1. The number of rotatable bonds is 2. The lowest BCUT2D eigenvalue weighted by Crippen LogP contribution is -2.39. The Balaban J connectivity index is 2.33. The molecule has 0 fully saturated rings. The van der Waals surface area contributed by atoms with Crippen molar-refractivity contribution < 1.29 is 22.0 Å². The van der Waals surface area contributed by atoms with Gasteiger partial charge in [-0.05, 0) is 30.7 Å². The summed E-state index contributed by atoms with van der Waals surface area (Å²) in [4.78, 5) is 11.3. The smallest absolute Gasteiger partial charge is 0.305 e. The van der Waals surface area contributed by atoms with E-state index in [9.17, 15) is 22.0 Å². The van der Waals surface area contributed by atoms with Crippen LogP contribution in [-0.4, -0.2) is 14.4 Å². The van der Waals surface area contributed by atoms with Crippen LogP contribution in [0.15, 0.2) is 47.4 Å². The maximum Gasteiger partial charge on any atom is 0.333 e. The number of fused-ring (bicyclic) bond motifs is 1. The van der Waals surface area contributed by atoms with Gasteiger partial charge in [0.05, 0.1) is 5.69 Å². The Labute approximate surface area is 137 Å². The highest BCUT2D eigenvalue weighted by Crippen LogP contribution is 2.38. The van der Waals surface area contributed by atoms with Crippen LogP contribution in [0.3, 0.4) is 0 Å². The summed E-state index contributed by atoms with van der Waals surface area (Å²) < 4.78 is 54.5. The number of hydrogen-bond donors (Lipinski definition) is 2. The summed E-state index contributed by atoms with van der Waals surface area (Å²) >= 11 is 0. The number of benzene rings is 2. The molecule has 0 bridgehead atoms. The first kappa shape index (κ1) is 16.1. The van der Waals surface area contributed by atoms with Crippen LogP contribution in [0.1, 0.15) is 18.1 Å². The van der Waals surface area contributed by atoms with E-state index >= 15 is 0 Å². The molecule has 2 N–H and O–H groups in total. The molecular weight excluding hydrogens is 338 g/mol. The Hall–Kier alpha value is -2.74. The number of carbonyl (C=O) groups excluding carboxylic acids is 1. The summed E-state index contributed by atoms with van der Waals surface area (Å²) in [6, 6.07) is 6.73. The zero-order valence-corrected chi connectivity index (χ0v) is 13.2. The molecule has 0 unspecified atom stereocenters. The van der Waals surface area contributed by atoms with E-state index in [0.717, 1.165) is 12.1 Å². The van der Waals surface area contributed by atoms with Crippen LogP contribution >= 0.6 is 0 Å². The Morgan fingerprint density at radius 3 is 2.46 bits per heavy atom. The highest BCUT2D eigenvalue weighted by Gasteiger charge is 2.32. The number of urea groups is 1. The first-order chi connectivity index (χ1) is 11.3. The van der Waals surface area contributed by atoms with Crippen molar-refractivity contribution in [3.05, 3.63) is 65.2 Å². The van der Waals surface area contributed by atoms with Gasteiger partial charge in [0.1, 0.15) is 16.5 Å². The Kier molecular flexibility index (Phi) is 3.84. The zero-order chi connectivity index (χ0) is 17.5. The quantitative estimate of drug-likeness (QED) is 0.873. The van der Waals surface area contributed by atoms with E-state index in [1.165, 1.54) is 24.3 Å². The molecule has 24 heavy (non-hydrogen) atoms. The summed E-state index contributed by atoms with van der Waals surface area (Å²) in [6.45, 7) is 1.57. The molecule has 0 spiro atoms.